The van der Waals surface area contributed by atoms with Crippen molar-refractivity contribution in [2.45, 2.75) is 26.2 Å². The zero-order valence-electron chi connectivity index (χ0n) is 10.3. The van der Waals surface area contributed by atoms with Crippen molar-refractivity contribution >= 4 is 5.84 Å². The largest absolute Gasteiger partial charge is 0.409 e. The molecule has 3 N–H and O–H groups in total. The molecule has 5 heteroatoms. The third kappa shape index (κ3) is 3.35. The van der Waals surface area contributed by atoms with Crippen LogP contribution < -0.4 is 5.73 Å². The molecule has 0 radical (unpaired) electrons. The molecular formula is C11H23N3O2. The summed E-state index contributed by atoms with van der Waals surface area (Å²) in [5.41, 5.74) is 5.58. The number of hydrogen-bond donors (Lipinski definition) is 2. The summed E-state index contributed by atoms with van der Waals surface area (Å²) < 4.78 is 5.03. The first kappa shape index (κ1) is 13.3. The van der Waals surface area contributed by atoms with E-state index in [4.69, 9.17) is 15.7 Å². The first-order valence-corrected chi connectivity index (χ1v) is 5.81. The van der Waals surface area contributed by atoms with Gasteiger partial charge in [0.2, 0.25) is 0 Å². The maximum absolute atomic E-state index is 8.72. The lowest BCUT2D eigenvalue weighted by Crippen LogP contribution is -2.45. The molecule has 1 aliphatic rings. The van der Waals surface area contributed by atoms with E-state index >= 15 is 0 Å². The molecule has 94 valence electrons. The van der Waals surface area contributed by atoms with Gasteiger partial charge in [-0.2, -0.15) is 0 Å². The standard InChI is InChI=1S/C11H23N3O2/c1-11(10(12)13-15)4-7-14(8-5-11)6-3-9-16-2/h15H,3-9H2,1-2H3,(H2,12,13). The van der Waals surface area contributed by atoms with Crippen molar-refractivity contribution in [1.82, 2.24) is 4.90 Å². The Labute approximate surface area is 97.2 Å². The second-order valence-electron chi connectivity index (χ2n) is 4.73. The minimum atomic E-state index is -0.132. The molecule has 1 rings (SSSR count). The van der Waals surface area contributed by atoms with Crippen LogP contribution in [-0.2, 0) is 4.74 Å². The highest BCUT2D eigenvalue weighted by Crippen LogP contribution is 2.30. The molecule has 1 fully saturated rings. The van der Waals surface area contributed by atoms with Gasteiger partial charge < -0.3 is 20.6 Å². The van der Waals surface area contributed by atoms with Crippen molar-refractivity contribution in [3.05, 3.63) is 0 Å². The minimum absolute atomic E-state index is 0.132. The van der Waals surface area contributed by atoms with Gasteiger partial charge in [-0.3, -0.25) is 0 Å². The monoisotopic (exact) mass is 229 g/mol. The lowest BCUT2D eigenvalue weighted by Gasteiger charge is -2.38. The number of nitrogens with zero attached hydrogens (tertiary/aromatic N) is 2. The number of hydrogen-bond acceptors (Lipinski definition) is 4. The number of piperidine rings is 1. The maximum atomic E-state index is 8.72. The Hall–Kier alpha value is -0.810. The van der Waals surface area contributed by atoms with Crippen molar-refractivity contribution in [3.8, 4) is 0 Å². The van der Waals surface area contributed by atoms with Crippen molar-refractivity contribution in [2.75, 3.05) is 33.4 Å². The highest BCUT2D eigenvalue weighted by molar-refractivity contribution is 5.85. The number of likely N-dealkylation sites (tertiary alicyclic amines) is 1. The van der Waals surface area contributed by atoms with Gasteiger partial charge in [0.1, 0.15) is 5.84 Å². The van der Waals surface area contributed by atoms with E-state index in [-0.39, 0.29) is 5.41 Å². The van der Waals surface area contributed by atoms with Crippen LogP contribution in [0.15, 0.2) is 5.16 Å². The van der Waals surface area contributed by atoms with Crippen LogP contribution in [0.25, 0.3) is 0 Å². The van der Waals surface area contributed by atoms with Gasteiger partial charge in [0, 0.05) is 25.7 Å². The molecule has 0 aromatic heterocycles. The zero-order chi connectivity index (χ0) is 12.0. The molecule has 1 aliphatic heterocycles. The average molecular weight is 229 g/mol. The van der Waals surface area contributed by atoms with E-state index in [1.54, 1.807) is 7.11 Å². The van der Waals surface area contributed by atoms with Gasteiger partial charge in [-0.25, -0.2) is 0 Å². The molecule has 1 saturated heterocycles. The van der Waals surface area contributed by atoms with E-state index in [0.717, 1.165) is 45.5 Å². The van der Waals surface area contributed by atoms with Crippen molar-refractivity contribution in [3.63, 3.8) is 0 Å². The third-order valence-electron chi connectivity index (χ3n) is 3.51. The number of methoxy groups -OCH3 is 1. The summed E-state index contributed by atoms with van der Waals surface area (Å²) in [5.74, 6) is 0.365. The Morgan fingerprint density at radius 2 is 2.12 bits per heavy atom. The molecule has 0 unspecified atom stereocenters. The average Bonchev–Trinajstić information content (AvgIpc) is 2.31. The molecule has 0 aromatic carbocycles. The summed E-state index contributed by atoms with van der Waals surface area (Å²) in [4.78, 5) is 2.41. The van der Waals surface area contributed by atoms with E-state index in [9.17, 15) is 0 Å². The number of nitrogens with two attached hydrogens (primary N) is 1. The summed E-state index contributed by atoms with van der Waals surface area (Å²) in [6.07, 6.45) is 2.97. The van der Waals surface area contributed by atoms with Crippen LogP contribution in [0.4, 0.5) is 0 Å². The van der Waals surface area contributed by atoms with Crippen LogP contribution in [0.1, 0.15) is 26.2 Å². The normalized spacial score (nSPS) is 22.2. The summed E-state index contributed by atoms with van der Waals surface area (Å²) >= 11 is 0. The van der Waals surface area contributed by atoms with Crippen LogP contribution in [0.3, 0.4) is 0 Å². The SMILES string of the molecule is COCCCN1CCC(C)(C(N)=NO)CC1. The Morgan fingerprint density at radius 3 is 2.62 bits per heavy atom. The Bertz CT molecular complexity index is 235. The van der Waals surface area contributed by atoms with Crippen molar-refractivity contribution < 1.29 is 9.94 Å². The van der Waals surface area contributed by atoms with Crippen LogP contribution in [0, 0.1) is 5.41 Å². The Kier molecular flexibility index (Phi) is 5.02. The summed E-state index contributed by atoms with van der Waals surface area (Å²) in [6, 6.07) is 0. The highest BCUT2D eigenvalue weighted by Gasteiger charge is 2.33. The second-order valence-corrected chi connectivity index (χ2v) is 4.73. The first-order chi connectivity index (χ1) is 7.62. The third-order valence-corrected chi connectivity index (χ3v) is 3.51. The molecule has 0 spiro atoms. The molecule has 16 heavy (non-hydrogen) atoms. The topological polar surface area (TPSA) is 71.1 Å². The predicted molar refractivity (Wildman–Crippen MR) is 63.7 cm³/mol. The van der Waals surface area contributed by atoms with Gasteiger partial charge in [0.15, 0.2) is 0 Å². The molecule has 0 amide bonds. The van der Waals surface area contributed by atoms with Gasteiger partial charge in [0.05, 0.1) is 0 Å². The van der Waals surface area contributed by atoms with Gasteiger partial charge in [-0.15, -0.1) is 0 Å². The molecular weight excluding hydrogens is 206 g/mol. The molecule has 0 saturated carbocycles. The summed E-state index contributed by atoms with van der Waals surface area (Å²) in [7, 11) is 1.73. The summed E-state index contributed by atoms with van der Waals surface area (Å²) in [5, 5.41) is 11.9. The van der Waals surface area contributed by atoms with Crippen LogP contribution in [0.2, 0.25) is 0 Å². The molecule has 0 aromatic rings. The number of ether oxygens (including phenoxy) is 1. The van der Waals surface area contributed by atoms with Crippen molar-refractivity contribution in [2.24, 2.45) is 16.3 Å². The number of rotatable bonds is 5. The fraction of sp³-hybridized carbons (Fsp3) is 0.909. The fourth-order valence-electron chi connectivity index (χ4n) is 2.08. The van der Waals surface area contributed by atoms with Crippen LogP contribution in [-0.4, -0.2) is 49.3 Å². The molecule has 5 nitrogen and oxygen atoms in total. The van der Waals surface area contributed by atoms with Crippen molar-refractivity contribution in [1.29, 1.82) is 0 Å². The smallest absolute Gasteiger partial charge is 0.145 e. The van der Waals surface area contributed by atoms with Crippen LogP contribution >= 0.6 is 0 Å². The maximum Gasteiger partial charge on any atom is 0.145 e. The van der Waals surface area contributed by atoms with Gasteiger partial charge >= 0.3 is 0 Å². The van der Waals surface area contributed by atoms with E-state index < -0.39 is 0 Å². The lowest BCUT2D eigenvalue weighted by atomic mass is 9.79. The summed E-state index contributed by atoms with van der Waals surface area (Å²) in [6.45, 7) is 5.97. The number of amidine groups is 1. The molecule has 0 atom stereocenters. The van der Waals surface area contributed by atoms with E-state index in [2.05, 4.69) is 17.0 Å². The Morgan fingerprint density at radius 1 is 1.50 bits per heavy atom. The van der Waals surface area contributed by atoms with Gasteiger partial charge in [0.25, 0.3) is 0 Å². The molecule has 0 aliphatic carbocycles. The Balaban J connectivity index is 2.33. The van der Waals surface area contributed by atoms with Gasteiger partial charge in [-0.1, -0.05) is 12.1 Å². The quantitative estimate of drug-likeness (QED) is 0.241. The second kappa shape index (κ2) is 6.06. The highest BCUT2D eigenvalue weighted by atomic mass is 16.5. The number of oxime groups is 1. The molecule has 1 heterocycles. The fourth-order valence-corrected chi connectivity index (χ4v) is 2.08. The molecule has 0 bridgehead atoms. The predicted octanol–water partition coefficient (Wildman–Crippen LogP) is 0.871. The van der Waals surface area contributed by atoms with Gasteiger partial charge in [-0.05, 0) is 32.4 Å². The van der Waals surface area contributed by atoms with E-state index in [1.807, 2.05) is 0 Å². The zero-order valence-corrected chi connectivity index (χ0v) is 10.3. The lowest BCUT2D eigenvalue weighted by molar-refractivity contribution is 0.134. The van der Waals surface area contributed by atoms with E-state index in [1.165, 1.54) is 0 Å². The first-order valence-electron chi connectivity index (χ1n) is 5.81. The van der Waals surface area contributed by atoms with Crippen LogP contribution in [0.5, 0.6) is 0 Å². The van der Waals surface area contributed by atoms with E-state index in [0.29, 0.717) is 5.84 Å². The minimum Gasteiger partial charge on any atom is -0.409 e.